The number of hydrogen-bond donors (Lipinski definition) is 1. The van der Waals surface area contributed by atoms with E-state index in [0.29, 0.717) is 10.0 Å². The van der Waals surface area contributed by atoms with Gasteiger partial charge in [-0.15, -0.1) is 0 Å². The zero-order valence-corrected chi connectivity index (χ0v) is 13.0. The summed E-state index contributed by atoms with van der Waals surface area (Å²) < 4.78 is 27.1. The molecule has 0 spiro atoms. The zero-order valence-electron chi connectivity index (χ0n) is 10.6. The first-order valence-corrected chi connectivity index (χ1v) is 8.06. The highest BCUT2D eigenvalue weighted by molar-refractivity contribution is 9.10. The Balaban J connectivity index is 2.25. The van der Waals surface area contributed by atoms with Crippen molar-refractivity contribution in [3.05, 3.63) is 58.3 Å². The molecule has 0 unspecified atom stereocenters. The van der Waals surface area contributed by atoms with E-state index in [1.165, 1.54) is 18.3 Å². The fourth-order valence-electron chi connectivity index (χ4n) is 1.60. The minimum atomic E-state index is -3.84. The van der Waals surface area contributed by atoms with Gasteiger partial charge in [0, 0.05) is 23.4 Å². The maximum atomic E-state index is 12.2. The maximum absolute atomic E-state index is 12.2. The molecule has 0 saturated carbocycles. The molecule has 110 valence electrons. The highest BCUT2D eigenvalue weighted by Crippen LogP contribution is 2.19. The third kappa shape index (κ3) is 4.10. The van der Waals surface area contributed by atoms with Crippen LogP contribution >= 0.6 is 15.9 Å². The predicted molar refractivity (Wildman–Crippen MR) is 76.7 cm³/mol. The van der Waals surface area contributed by atoms with Gasteiger partial charge in [-0.3, -0.25) is 4.98 Å². The summed E-state index contributed by atoms with van der Waals surface area (Å²) in [6.07, 6.45) is 3.12. The Morgan fingerprint density at radius 2 is 2.10 bits per heavy atom. The molecule has 2 aromatic rings. The van der Waals surface area contributed by atoms with Gasteiger partial charge in [0.25, 0.3) is 0 Å². The number of pyridine rings is 1. The zero-order chi connectivity index (χ0) is 15.5. The van der Waals surface area contributed by atoms with Gasteiger partial charge < -0.3 is 9.90 Å². The van der Waals surface area contributed by atoms with Crippen LogP contribution in [0, 0.1) is 0 Å². The number of hydrogen-bond acceptors (Lipinski definition) is 5. The van der Waals surface area contributed by atoms with E-state index in [1.807, 2.05) is 0 Å². The van der Waals surface area contributed by atoms with Gasteiger partial charge in [-0.1, -0.05) is 22.0 Å². The number of aromatic nitrogens is 1. The minimum absolute atomic E-state index is 0.0589. The molecule has 2 rings (SSSR count). The summed E-state index contributed by atoms with van der Waals surface area (Å²) in [5.74, 6) is -1.44. The van der Waals surface area contributed by atoms with E-state index in [9.17, 15) is 18.3 Å². The molecule has 0 aliphatic rings. The van der Waals surface area contributed by atoms with Crippen LogP contribution in [0.4, 0.5) is 0 Å². The number of rotatable bonds is 5. The summed E-state index contributed by atoms with van der Waals surface area (Å²) in [6.45, 7) is 0.0589. The smallest absolute Gasteiger partial charge is 0.240 e. The predicted octanol–water partition coefficient (Wildman–Crippen LogP) is 0.686. The summed E-state index contributed by atoms with van der Waals surface area (Å²) >= 11 is 3.08. The SMILES string of the molecule is O=C([O-])c1cc(Br)cc(S(=O)(=O)NCc2cccnc2)c1. The number of halogens is 1. The lowest BCUT2D eigenvalue weighted by Crippen LogP contribution is -2.25. The molecular weight excluding hydrogens is 360 g/mol. The largest absolute Gasteiger partial charge is 0.545 e. The van der Waals surface area contributed by atoms with Gasteiger partial charge >= 0.3 is 0 Å². The van der Waals surface area contributed by atoms with Crippen LogP contribution in [0.15, 0.2) is 52.1 Å². The number of carboxylic acid groups (broad SMARTS) is 1. The summed E-state index contributed by atoms with van der Waals surface area (Å²) in [5.41, 5.74) is 0.474. The van der Waals surface area contributed by atoms with Crippen LogP contribution in [0.25, 0.3) is 0 Å². The lowest BCUT2D eigenvalue weighted by atomic mass is 10.2. The number of benzene rings is 1. The van der Waals surface area contributed by atoms with Gasteiger partial charge in [-0.25, -0.2) is 13.1 Å². The minimum Gasteiger partial charge on any atom is -0.545 e. The molecule has 0 bridgehead atoms. The van der Waals surface area contributed by atoms with Crippen molar-refractivity contribution in [3.8, 4) is 0 Å². The molecule has 8 heteroatoms. The van der Waals surface area contributed by atoms with Gasteiger partial charge in [-0.2, -0.15) is 0 Å². The monoisotopic (exact) mass is 369 g/mol. The number of nitrogens with zero attached hydrogens (tertiary/aromatic N) is 1. The summed E-state index contributed by atoms with van der Waals surface area (Å²) in [4.78, 5) is 14.6. The van der Waals surface area contributed by atoms with E-state index < -0.39 is 16.0 Å². The second-order valence-electron chi connectivity index (χ2n) is 4.15. The molecule has 1 N–H and O–H groups in total. The Bertz CT molecular complexity index is 763. The van der Waals surface area contributed by atoms with Crippen LogP contribution in [-0.4, -0.2) is 19.4 Å². The Kier molecular flexibility index (Phi) is 4.71. The first-order chi connectivity index (χ1) is 9.88. The van der Waals surface area contributed by atoms with Crippen molar-refractivity contribution in [2.75, 3.05) is 0 Å². The number of aromatic carboxylic acids is 1. The Morgan fingerprint density at radius 1 is 1.33 bits per heavy atom. The van der Waals surface area contributed by atoms with Crippen molar-refractivity contribution in [1.82, 2.24) is 9.71 Å². The van der Waals surface area contributed by atoms with Crippen LogP contribution in [0.2, 0.25) is 0 Å². The summed E-state index contributed by atoms with van der Waals surface area (Å²) in [5, 5.41) is 10.9. The fraction of sp³-hybridized carbons (Fsp3) is 0.0769. The molecule has 1 aromatic carbocycles. The summed E-state index contributed by atoms with van der Waals surface area (Å²) in [6, 6.07) is 7.05. The van der Waals surface area contributed by atoms with Crippen molar-refractivity contribution in [2.45, 2.75) is 11.4 Å². The van der Waals surface area contributed by atoms with Crippen LogP contribution in [-0.2, 0) is 16.6 Å². The Hall–Kier alpha value is -1.77. The number of carboxylic acids is 1. The molecule has 1 heterocycles. The van der Waals surface area contributed by atoms with Crippen LogP contribution < -0.4 is 9.83 Å². The summed E-state index contributed by atoms with van der Waals surface area (Å²) in [7, 11) is -3.84. The number of sulfonamides is 1. The van der Waals surface area contributed by atoms with E-state index in [0.717, 1.165) is 6.07 Å². The molecule has 0 fully saturated rings. The second kappa shape index (κ2) is 6.33. The van der Waals surface area contributed by atoms with Crippen molar-refractivity contribution < 1.29 is 18.3 Å². The van der Waals surface area contributed by atoms with Gasteiger partial charge in [0.15, 0.2) is 0 Å². The van der Waals surface area contributed by atoms with Crippen molar-refractivity contribution in [1.29, 1.82) is 0 Å². The second-order valence-corrected chi connectivity index (χ2v) is 6.83. The quantitative estimate of drug-likeness (QED) is 0.835. The molecule has 0 amide bonds. The standard InChI is InChI=1S/C13H11BrN2O4S/c14-11-4-10(13(17)18)5-12(6-11)21(19,20)16-8-9-2-1-3-15-7-9/h1-7,16H,8H2,(H,17,18)/p-1. The van der Waals surface area contributed by atoms with Crippen molar-refractivity contribution in [2.24, 2.45) is 0 Å². The van der Waals surface area contributed by atoms with E-state index in [1.54, 1.807) is 18.3 Å². The molecule has 0 saturated heterocycles. The number of carbonyl (C=O) groups excluding carboxylic acids is 1. The maximum Gasteiger partial charge on any atom is 0.240 e. The highest BCUT2D eigenvalue weighted by atomic mass is 79.9. The van der Waals surface area contributed by atoms with E-state index in [2.05, 4.69) is 25.6 Å². The first kappa shape index (κ1) is 15.6. The first-order valence-electron chi connectivity index (χ1n) is 5.79. The molecular formula is C13H10BrN2O4S-. The van der Waals surface area contributed by atoms with E-state index >= 15 is 0 Å². The molecule has 0 aliphatic carbocycles. The molecule has 0 radical (unpaired) electrons. The van der Waals surface area contributed by atoms with Gasteiger partial charge in [0.1, 0.15) is 0 Å². The molecule has 1 aromatic heterocycles. The lowest BCUT2D eigenvalue weighted by molar-refractivity contribution is -0.255. The fourth-order valence-corrected chi connectivity index (χ4v) is 3.33. The Morgan fingerprint density at radius 3 is 2.71 bits per heavy atom. The van der Waals surface area contributed by atoms with Crippen LogP contribution in [0.1, 0.15) is 15.9 Å². The third-order valence-electron chi connectivity index (χ3n) is 2.61. The molecule has 6 nitrogen and oxygen atoms in total. The van der Waals surface area contributed by atoms with Gasteiger partial charge in [0.2, 0.25) is 10.0 Å². The highest BCUT2D eigenvalue weighted by Gasteiger charge is 2.15. The van der Waals surface area contributed by atoms with Gasteiger partial charge in [0.05, 0.1) is 10.9 Å². The van der Waals surface area contributed by atoms with Crippen molar-refractivity contribution >= 4 is 31.9 Å². The van der Waals surface area contributed by atoms with E-state index in [4.69, 9.17) is 0 Å². The normalized spacial score (nSPS) is 11.3. The molecule has 0 aliphatic heterocycles. The topological polar surface area (TPSA) is 99.2 Å². The van der Waals surface area contributed by atoms with Crippen LogP contribution in [0.3, 0.4) is 0 Å². The molecule has 21 heavy (non-hydrogen) atoms. The van der Waals surface area contributed by atoms with Gasteiger partial charge in [-0.05, 0) is 35.4 Å². The number of carbonyl (C=O) groups is 1. The van der Waals surface area contributed by atoms with Crippen LogP contribution in [0.5, 0.6) is 0 Å². The Labute approximate surface area is 130 Å². The lowest BCUT2D eigenvalue weighted by Gasteiger charge is -2.10. The average Bonchev–Trinajstić information content (AvgIpc) is 2.45. The average molecular weight is 370 g/mol. The van der Waals surface area contributed by atoms with E-state index in [-0.39, 0.29) is 17.0 Å². The number of nitrogens with one attached hydrogen (secondary N) is 1. The van der Waals surface area contributed by atoms with Crippen molar-refractivity contribution in [3.63, 3.8) is 0 Å². The third-order valence-corrected chi connectivity index (χ3v) is 4.44. The molecule has 0 atom stereocenters.